The first-order valence-corrected chi connectivity index (χ1v) is 7.15. The van der Waals surface area contributed by atoms with E-state index in [9.17, 15) is 23.1 Å². The van der Waals surface area contributed by atoms with Crippen LogP contribution in [0, 0.1) is 11.3 Å². The molecule has 0 aliphatic rings. The molecule has 5 nitrogen and oxygen atoms in total. The maximum absolute atomic E-state index is 13.2. The van der Waals surface area contributed by atoms with Gasteiger partial charge < -0.3 is 10.8 Å². The van der Waals surface area contributed by atoms with E-state index >= 15 is 0 Å². The number of rotatable bonds is 2. The molecule has 24 heavy (non-hydrogen) atoms. The number of phenols is 1. The zero-order valence-corrected chi connectivity index (χ0v) is 13.4. The molecule has 0 unspecified atom stereocenters. The fourth-order valence-corrected chi connectivity index (χ4v) is 2.60. The zero-order chi connectivity index (χ0) is 18.1. The third kappa shape index (κ3) is 3.14. The van der Waals surface area contributed by atoms with Gasteiger partial charge in [-0.3, -0.25) is 4.90 Å². The summed E-state index contributed by atoms with van der Waals surface area (Å²) in [5.74, 6) is -1.25. The number of primary amides is 1. The highest BCUT2D eigenvalue weighted by atomic mass is 79.9. The minimum absolute atomic E-state index is 0.137. The van der Waals surface area contributed by atoms with Crippen LogP contribution in [0.25, 0.3) is 0 Å². The van der Waals surface area contributed by atoms with Crippen molar-refractivity contribution >= 4 is 33.3 Å². The van der Waals surface area contributed by atoms with Crippen molar-refractivity contribution in [2.45, 2.75) is 6.18 Å². The number of carbonyl (C=O) groups excluding carboxylic acids is 1. The molecule has 9 heteroatoms. The molecule has 0 aromatic heterocycles. The summed E-state index contributed by atoms with van der Waals surface area (Å²) >= 11 is 3.17. The van der Waals surface area contributed by atoms with E-state index in [1.807, 2.05) is 0 Å². The molecule has 0 heterocycles. The van der Waals surface area contributed by atoms with E-state index in [0.717, 1.165) is 17.0 Å². The number of urea groups is 1. The molecule has 3 N–H and O–H groups in total. The van der Waals surface area contributed by atoms with Gasteiger partial charge in [0.15, 0.2) is 5.75 Å². The van der Waals surface area contributed by atoms with Crippen LogP contribution < -0.4 is 10.6 Å². The lowest BCUT2D eigenvalue weighted by Crippen LogP contribution is -2.32. The minimum atomic E-state index is -4.98. The van der Waals surface area contributed by atoms with Gasteiger partial charge in [-0.2, -0.15) is 18.4 Å². The van der Waals surface area contributed by atoms with Gasteiger partial charge >= 0.3 is 12.2 Å². The summed E-state index contributed by atoms with van der Waals surface area (Å²) in [6.07, 6.45) is -4.98. The monoisotopic (exact) mass is 399 g/mol. The molecule has 0 atom stereocenters. The molecule has 0 spiro atoms. The summed E-state index contributed by atoms with van der Waals surface area (Å²) in [7, 11) is 0. The van der Waals surface area contributed by atoms with E-state index in [1.54, 1.807) is 18.2 Å². The molecule has 2 amide bonds. The van der Waals surface area contributed by atoms with Crippen molar-refractivity contribution in [3.05, 3.63) is 52.0 Å². The highest BCUT2D eigenvalue weighted by molar-refractivity contribution is 9.10. The quantitative estimate of drug-likeness (QED) is 0.789. The number of benzene rings is 2. The largest absolute Gasteiger partial charge is 0.505 e. The van der Waals surface area contributed by atoms with Crippen LogP contribution in [0.1, 0.15) is 11.1 Å². The van der Waals surface area contributed by atoms with Gasteiger partial charge in [0.25, 0.3) is 0 Å². The molecular formula is C15H9BrF3N3O2. The highest BCUT2D eigenvalue weighted by Crippen LogP contribution is 2.45. The molecule has 0 bridgehead atoms. The number of hydrogen-bond donors (Lipinski definition) is 2. The van der Waals surface area contributed by atoms with Gasteiger partial charge in [-0.05, 0) is 40.2 Å². The van der Waals surface area contributed by atoms with Crippen LogP contribution in [0.5, 0.6) is 5.75 Å². The van der Waals surface area contributed by atoms with Gasteiger partial charge in [-0.1, -0.05) is 12.1 Å². The van der Waals surface area contributed by atoms with Crippen molar-refractivity contribution in [1.29, 1.82) is 5.26 Å². The predicted molar refractivity (Wildman–Crippen MR) is 83.7 cm³/mol. The van der Waals surface area contributed by atoms with E-state index in [1.165, 1.54) is 12.1 Å². The van der Waals surface area contributed by atoms with Gasteiger partial charge in [-0.15, -0.1) is 0 Å². The summed E-state index contributed by atoms with van der Waals surface area (Å²) < 4.78 is 39.9. The topological polar surface area (TPSA) is 90.4 Å². The molecule has 2 aromatic rings. The average Bonchev–Trinajstić information content (AvgIpc) is 2.49. The SMILES string of the molecule is N#Cc1ccc(N(C(N)=O)c2ccccc2Br)c(O)c1C(F)(F)F. The number of anilines is 2. The molecule has 0 aliphatic carbocycles. The standard InChI is InChI=1S/C15H9BrF3N3O2/c16-9-3-1-2-4-10(9)22(14(21)24)11-6-5-8(7-20)12(13(11)23)15(17,18)19/h1-6,23H,(H2,21,24). The zero-order valence-electron chi connectivity index (χ0n) is 11.8. The van der Waals surface area contributed by atoms with Crippen molar-refractivity contribution in [2.24, 2.45) is 5.73 Å². The van der Waals surface area contributed by atoms with E-state index in [2.05, 4.69) is 15.9 Å². The Morgan fingerprint density at radius 3 is 2.33 bits per heavy atom. The molecule has 0 saturated heterocycles. The maximum Gasteiger partial charge on any atom is 0.421 e. The number of carbonyl (C=O) groups is 1. The van der Waals surface area contributed by atoms with Crippen molar-refractivity contribution in [1.82, 2.24) is 0 Å². The lowest BCUT2D eigenvalue weighted by molar-refractivity contribution is -0.138. The molecule has 124 valence electrons. The number of nitriles is 1. The van der Waals surface area contributed by atoms with Crippen molar-refractivity contribution < 1.29 is 23.1 Å². The molecule has 2 aromatic carbocycles. The van der Waals surface area contributed by atoms with Gasteiger partial charge in [0, 0.05) is 4.47 Å². The maximum atomic E-state index is 13.2. The first kappa shape index (κ1) is 17.6. The summed E-state index contributed by atoms with van der Waals surface area (Å²) in [5, 5.41) is 18.9. The number of phenolic OH excluding ortho intramolecular Hbond substituents is 1. The van der Waals surface area contributed by atoms with Gasteiger partial charge in [-0.25, -0.2) is 4.79 Å². The number of halogens is 4. The number of hydrogen-bond acceptors (Lipinski definition) is 3. The first-order valence-electron chi connectivity index (χ1n) is 6.35. The van der Waals surface area contributed by atoms with Crippen LogP contribution in [-0.2, 0) is 6.18 Å². The lowest BCUT2D eigenvalue weighted by atomic mass is 10.0. The van der Waals surface area contributed by atoms with Crippen LogP contribution in [0.2, 0.25) is 0 Å². The molecular weight excluding hydrogens is 391 g/mol. The predicted octanol–water partition coefficient (Wildman–Crippen LogP) is 4.26. The fraction of sp³-hybridized carbons (Fsp3) is 0.0667. The summed E-state index contributed by atoms with van der Waals surface area (Å²) in [6, 6.07) is 8.31. The second-order valence-corrected chi connectivity index (χ2v) is 5.44. The van der Waals surface area contributed by atoms with Crippen LogP contribution in [0.4, 0.5) is 29.3 Å². The smallest absolute Gasteiger partial charge is 0.421 e. The van der Waals surface area contributed by atoms with Gasteiger partial charge in [0.1, 0.15) is 5.56 Å². The van der Waals surface area contributed by atoms with Gasteiger partial charge in [0.05, 0.1) is 23.0 Å². The Hall–Kier alpha value is -2.73. The Morgan fingerprint density at radius 1 is 1.21 bits per heavy atom. The van der Waals surface area contributed by atoms with E-state index in [0.29, 0.717) is 4.47 Å². The number of nitrogens with two attached hydrogens (primary N) is 1. The molecule has 2 rings (SSSR count). The van der Waals surface area contributed by atoms with Crippen LogP contribution in [-0.4, -0.2) is 11.1 Å². The lowest BCUT2D eigenvalue weighted by Gasteiger charge is -2.24. The number of amides is 2. The van der Waals surface area contributed by atoms with E-state index in [4.69, 9.17) is 11.0 Å². The third-order valence-corrected chi connectivity index (χ3v) is 3.79. The Balaban J connectivity index is 2.77. The Labute approximate surface area is 142 Å². The Bertz CT molecular complexity index is 847. The molecule has 0 aliphatic heterocycles. The molecule has 0 fully saturated rings. The average molecular weight is 400 g/mol. The Kier molecular flexibility index (Phi) is 4.71. The number of nitrogens with zero attached hydrogens (tertiary/aromatic N) is 2. The summed E-state index contributed by atoms with van der Waals surface area (Å²) in [5.41, 5.74) is 2.64. The highest BCUT2D eigenvalue weighted by Gasteiger charge is 2.39. The summed E-state index contributed by atoms with van der Waals surface area (Å²) in [6.45, 7) is 0. The van der Waals surface area contributed by atoms with Crippen molar-refractivity contribution in [2.75, 3.05) is 4.90 Å². The molecule has 0 saturated carbocycles. The summed E-state index contributed by atoms with van der Waals surface area (Å²) in [4.78, 5) is 12.5. The number of aromatic hydroxyl groups is 1. The second kappa shape index (κ2) is 6.41. The van der Waals surface area contributed by atoms with Crippen molar-refractivity contribution in [3.8, 4) is 11.8 Å². The third-order valence-electron chi connectivity index (χ3n) is 3.12. The second-order valence-electron chi connectivity index (χ2n) is 4.59. The van der Waals surface area contributed by atoms with Crippen LogP contribution in [0.3, 0.4) is 0 Å². The van der Waals surface area contributed by atoms with Gasteiger partial charge in [0.2, 0.25) is 0 Å². The normalized spacial score (nSPS) is 11.0. The van der Waals surface area contributed by atoms with Crippen LogP contribution in [0.15, 0.2) is 40.9 Å². The number of alkyl halides is 3. The first-order chi connectivity index (χ1) is 11.2. The van der Waals surface area contributed by atoms with E-state index in [-0.39, 0.29) is 5.69 Å². The van der Waals surface area contributed by atoms with Crippen LogP contribution >= 0.6 is 15.9 Å². The van der Waals surface area contributed by atoms with E-state index < -0.39 is 34.8 Å². The molecule has 0 radical (unpaired) electrons. The minimum Gasteiger partial charge on any atom is -0.505 e. The Morgan fingerprint density at radius 2 is 1.83 bits per heavy atom. The number of para-hydroxylation sites is 1. The van der Waals surface area contributed by atoms with Crippen molar-refractivity contribution in [3.63, 3.8) is 0 Å². The fourth-order valence-electron chi connectivity index (χ4n) is 2.14.